The minimum absolute atomic E-state index is 0.298. The lowest BCUT2D eigenvalue weighted by molar-refractivity contribution is 0.104. The van der Waals surface area contributed by atoms with Gasteiger partial charge in [0, 0.05) is 13.7 Å². The van der Waals surface area contributed by atoms with Crippen LogP contribution in [0.15, 0.2) is 24.3 Å². The van der Waals surface area contributed by atoms with E-state index in [-0.39, 0.29) is 0 Å². The number of hydrogen-bond donors (Lipinski definition) is 1. The van der Waals surface area contributed by atoms with Crippen molar-refractivity contribution in [2.75, 3.05) is 20.2 Å². The Balaban J connectivity index is 2.65. The van der Waals surface area contributed by atoms with E-state index < -0.39 is 0 Å². The maximum absolute atomic E-state index is 5.43. The molecular weight excluding hydrogens is 234 g/mol. The van der Waals surface area contributed by atoms with Crippen molar-refractivity contribution in [1.29, 1.82) is 0 Å². The molecule has 1 aromatic carbocycles. The minimum Gasteiger partial charge on any atom is -0.382 e. The summed E-state index contributed by atoms with van der Waals surface area (Å²) in [6.45, 7) is 10.9. The number of benzene rings is 1. The largest absolute Gasteiger partial charge is 0.382 e. The molecule has 19 heavy (non-hydrogen) atoms. The average Bonchev–Trinajstić information content (AvgIpc) is 2.38. The zero-order valence-corrected chi connectivity index (χ0v) is 13.1. The Morgan fingerprint density at radius 3 is 2.21 bits per heavy atom. The number of ether oxygens (including phenoxy) is 1. The first-order valence-electron chi connectivity index (χ1n) is 7.33. The van der Waals surface area contributed by atoms with Crippen LogP contribution in [0.5, 0.6) is 0 Å². The highest BCUT2D eigenvalue weighted by Crippen LogP contribution is 2.22. The highest BCUT2D eigenvalue weighted by atomic mass is 16.5. The van der Waals surface area contributed by atoms with Gasteiger partial charge in [0.1, 0.15) is 0 Å². The Kier molecular flexibility index (Phi) is 7.11. The van der Waals surface area contributed by atoms with Crippen LogP contribution in [0.25, 0.3) is 0 Å². The molecule has 0 heterocycles. The quantitative estimate of drug-likeness (QED) is 0.771. The van der Waals surface area contributed by atoms with Crippen molar-refractivity contribution >= 4 is 0 Å². The Hall–Kier alpha value is -0.860. The molecule has 0 saturated carbocycles. The third-order valence-corrected chi connectivity index (χ3v) is 3.51. The van der Waals surface area contributed by atoms with E-state index in [9.17, 15) is 0 Å². The molecule has 0 saturated heterocycles. The molecule has 0 aromatic heterocycles. The molecule has 0 amide bonds. The monoisotopic (exact) mass is 263 g/mol. The van der Waals surface area contributed by atoms with Gasteiger partial charge in [0.05, 0.1) is 6.10 Å². The summed E-state index contributed by atoms with van der Waals surface area (Å²) < 4.78 is 5.43. The summed E-state index contributed by atoms with van der Waals surface area (Å²) in [7, 11) is 1.79. The number of rotatable bonds is 8. The first kappa shape index (κ1) is 16.2. The van der Waals surface area contributed by atoms with Crippen LogP contribution in [0.3, 0.4) is 0 Å². The molecule has 0 aliphatic heterocycles. The van der Waals surface area contributed by atoms with Crippen LogP contribution in [-0.4, -0.2) is 26.3 Å². The van der Waals surface area contributed by atoms with Gasteiger partial charge in [-0.05, 0) is 44.2 Å². The fraction of sp³-hybridized carbons (Fsp3) is 0.647. The van der Waals surface area contributed by atoms with Gasteiger partial charge in [-0.3, -0.25) is 0 Å². The van der Waals surface area contributed by atoms with Gasteiger partial charge in [-0.2, -0.15) is 0 Å². The number of hydrogen-bond acceptors (Lipinski definition) is 2. The van der Waals surface area contributed by atoms with Crippen molar-refractivity contribution < 1.29 is 4.74 Å². The van der Waals surface area contributed by atoms with Gasteiger partial charge in [0.15, 0.2) is 0 Å². The molecule has 0 fully saturated rings. The molecular formula is C17H29NO. The van der Waals surface area contributed by atoms with Gasteiger partial charge in [0.2, 0.25) is 0 Å². The molecule has 0 radical (unpaired) electrons. The van der Waals surface area contributed by atoms with Crippen molar-refractivity contribution in [2.45, 2.75) is 46.1 Å². The molecule has 2 unspecified atom stereocenters. The second kappa shape index (κ2) is 8.34. The first-order chi connectivity index (χ1) is 9.02. The maximum Gasteiger partial charge on any atom is 0.0549 e. The van der Waals surface area contributed by atoms with Crippen molar-refractivity contribution in [3.63, 3.8) is 0 Å². The molecule has 1 N–H and O–H groups in total. The summed E-state index contributed by atoms with van der Waals surface area (Å²) in [5, 5.41) is 3.57. The topological polar surface area (TPSA) is 21.3 Å². The predicted octanol–water partition coefficient (Wildman–Crippen LogP) is 3.75. The second-order valence-electron chi connectivity index (χ2n) is 5.94. The molecule has 2 atom stereocenters. The third-order valence-electron chi connectivity index (χ3n) is 3.51. The zero-order chi connectivity index (χ0) is 14.3. The van der Waals surface area contributed by atoms with Crippen molar-refractivity contribution in [3.05, 3.63) is 35.4 Å². The molecule has 1 rings (SSSR count). The molecule has 2 nitrogen and oxygen atoms in total. The van der Waals surface area contributed by atoms with Gasteiger partial charge in [-0.25, -0.2) is 0 Å². The normalized spacial score (nSPS) is 14.6. The summed E-state index contributed by atoms with van der Waals surface area (Å²) in [5.74, 6) is 1.22. The maximum atomic E-state index is 5.43. The van der Waals surface area contributed by atoms with E-state index in [4.69, 9.17) is 4.74 Å². The fourth-order valence-electron chi connectivity index (χ4n) is 2.22. The van der Waals surface area contributed by atoms with E-state index in [1.807, 2.05) is 0 Å². The van der Waals surface area contributed by atoms with E-state index in [1.165, 1.54) is 11.1 Å². The van der Waals surface area contributed by atoms with Crippen molar-refractivity contribution in [1.82, 2.24) is 5.32 Å². The summed E-state index contributed by atoms with van der Waals surface area (Å²) in [6.07, 6.45) is 1.36. The van der Waals surface area contributed by atoms with E-state index in [0.717, 1.165) is 19.5 Å². The summed E-state index contributed by atoms with van der Waals surface area (Å²) in [6, 6.07) is 8.89. The smallest absolute Gasteiger partial charge is 0.0549 e. The molecule has 0 bridgehead atoms. The van der Waals surface area contributed by atoms with E-state index in [2.05, 4.69) is 57.3 Å². The van der Waals surface area contributed by atoms with Crippen LogP contribution in [0.2, 0.25) is 0 Å². The van der Waals surface area contributed by atoms with Gasteiger partial charge in [-0.1, -0.05) is 43.7 Å². The standard InChI is InChI=1S/C17H29NO/c1-13(2)11-18-12-17(10-15(4)19-5)16-8-6-14(3)7-9-16/h6-9,13,15,17-18H,10-12H2,1-5H3. The highest BCUT2D eigenvalue weighted by Gasteiger charge is 2.15. The van der Waals surface area contributed by atoms with Crippen LogP contribution in [0.4, 0.5) is 0 Å². The Bertz CT molecular complexity index is 345. The molecule has 0 spiro atoms. The summed E-state index contributed by atoms with van der Waals surface area (Å²) in [4.78, 5) is 0. The highest BCUT2D eigenvalue weighted by molar-refractivity contribution is 5.25. The minimum atomic E-state index is 0.298. The summed E-state index contributed by atoms with van der Waals surface area (Å²) in [5.41, 5.74) is 2.73. The van der Waals surface area contributed by atoms with E-state index >= 15 is 0 Å². The van der Waals surface area contributed by atoms with Gasteiger partial charge in [-0.15, -0.1) is 0 Å². The van der Waals surface area contributed by atoms with Crippen LogP contribution < -0.4 is 5.32 Å². The van der Waals surface area contributed by atoms with Gasteiger partial charge in [0.25, 0.3) is 0 Å². The molecule has 2 heteroatoms. The van der Waals surface area contributed by atoms with Crippen molar-refractivity contribution in [2.24, 2.45) is 5.92 Å². The lowest BCUT2D eigenvalue weighted by Crippen LogP contribution is -2.27. The molecule has 108 valence electrons. The SMILES string of the molecule is COC(C)CC(CNCC(C)C)c1ccc(C)cc1. The van der Waals surface area contributed by atoms with Crippen LogP contribution in [0.1, 0.15) is 44.2 Å². The van der Waals surface area contributed by atoms with Gasteiger partial charge < -0.3 is 10.1 Å². The lowest BCUT2D eigenvalue weighted by atomic mass is 9.92. The van der Waals surface area contributed by atoms with E-state index in [1.54, 1.807) is 7.11 Å². The summed E-state index contributed by atoms with van der Waals surface area (Å²) >= 11 is 0. The third kappa shape index (κ3) is 6.22. The van der Waals surface area contributed by atoms with Crippen LogP contribution >= 0.6 is 0 Å². The number of nitrogens with one attached hydrogen (secondary N) is 1. The number of aryl methyl sites for hydroxylation is 1. The fourth-order valence-corrected chi connectivity index (χ4v) is 2.22. The van der Waals surface area contributed by atoms with Crippen molar-refractivity contribution in [3.8, 4) is 0 Å². The molecule has 1 aromatic rings. The average molecular weight is 263 g/mol. The molecule has 0 aliphatic carbocycles. The molecule has 0 aliphatic rings. The Labute approximate surface area is 118 Å². The Morgan fingerprint density at radius 2 is 1.68 bits per heavy atom. The number of methoxy groups -OCH3 is 1. The van der Waals surface area contributed by atoms with Crippen LogP contribution in [0, 0.1) is 12.8 Å². The van der Waals surface area contributed by atoms with E-state index in [0.29, 0.717) is 17.9 Å². The Morgan fingerprint density at radius 1 is 1.05 bits per heavy atom. The lowest BCUT2D eigenvalue weighted by Gasteiger charge is -2.22. The second-order valence-corrected chi connectivity index (χ2v) is 5.94. The first-order valence-corrected chi connectivity index (χ1v) is 7.33. The van der Waals surface area contributed by atoms with Crippen LogP contribution in [-0.2, 0) is 4.74 Å². The predicted molar refractivity (Wildman–Crippen MR) is 82.7 cm³/mol. The van der Waals surface area contributed by atoms with Gasteiger partial charge >= 0.3 is 0 Å². The zero-order valence-electron chi connectivity index (χ0n) is 13.1.